The van der Waals surface area contributed by atoms with Gasteiger partial charge in [0.25, 0.3) is 5.56 Å². The minimum atomic E-state index is 0.0585. The molecule has 1 aromatic carbocycles. The van der Waals surface area contributed by atoms with Crippen LogP contribution in [0.1, 0.15) is 39.0 Å². The van der Waals surface area contributed by atoms with Gasteiger partial charge in [-0.3, -0.25) is 9.36 Å². The molecule has 1 aliphatic carbocycles. The number of hydrogen-bond donors (Lipinski definition) is 1. The van der Waals surface area contributed by atoms with Crippen molar-refractivity contribution in [1.29, 1.82) is 0 Å². The van der Waals surface area contributed by atoms with E-state index in [-0.39, 0.29) is 5.56 Å². The van der Waals surface area contributed by atoms with Crippen molar-refractivity contribution < 1.29 is 0 Å². The van der Waals surface area contributed by atoms with Crippen LogP contribution in [0.5, 0.6) is 0 Å². The van der Waals surface area contributed by atoms with Crippen molar-refractivity contribution in [3.63, 3.8) is 0 Å². The highest BCUT2D eigenvalue weighted by Gasteiger charge is 2.21. The van der Waals surface area contributed by atoms with Crippen LogP contribution in [-0.4, -0.2) is 4.57 Å². The molecule has 0 aliphatic heterocycles. The Balaban J connectivity index is 1.86. The van der Waals surface area contributed by atoms with E-state index in [2.05, 4.69) is 6.92 Å². The Bertz CT molecular complexity index is 681. The van der Waals surface area contributed by atoms with Crippen LogP contribution in [0.4, 0.5) is 5.82 Å². The van der Waals surface area contributed by atoms with Crippen LogP contribution in [0.25, 0.3) is 10.8 Å². The van der Waals surface area contributed by atoms with Gasteiger partial charge in [-0.15, -0.1) is 0 Å². The SMILES string of the molecule is CCC1CCC(Cn2c(N)cc3ccccc3c2=O)CC1. The minimum absolute atomic E-state index is 0.0585. The topological polar surface area (TPSA) is 48.0 Å². The van der Waals surface area contributed by atoms with Crippen molar-refractivity contribution in [3.05, 3.63) is 40.7 Å². The summed E-state index contributed by atoms with van der Waals surface area (Å²) in [6, 6.07) is 9.62. The van der Waals surface area contributed by atoms with Crippen LogP contribution in [0.15, 0.2) is 35.1 Å². The smallest absolute Gasteiger partial charge is 0.259 e. The van der Waals surface area contributed by atoms with Crippen molar-refractivity contribution in [3.8, 4) is 0 Å². The van der Waals surface area contributed by atoms with E-state index in [4.69, 9.17) is 5.73 Å². The molecular weight excluding hydrogens is 260 g/mol. The Labute approximate surface area is 125 Å². The van der Waals surface area contributed by atoms with E-state index in [0.29, 0.717) is 11.7 Å². The third-order valence-electron chi connectivity index (χ3n) is 5.04. The van der Waals surface area contributed by atoms with E-state index >= 15 is 0 Å². The van der Waals surface area contributed by atoms with E-state index in [1.165, 1.54) is 32.1 Å². The lowest BCUT2D eigenvalue weighted by molar-refractivity contribution is 0.247. The monoisotopic (exact) mass is 284 g/mol. The maximum absolute atomic E-state index is 12.6. The molecule has 1 fully saturated rings. The molecule has 0 saturated heterocycles. The lowest BCUT2D eigenvalue weighted by atomic mass is 9.81. The fourth-order valence-corrected chi connectivity index (χ4v) is 3.59. The van der Waals surface area contributed by atoms with Gasteiger partial charge in [-0.25, -0.2) is 0 Å². The molecule has 0 unspecified atom stereocenters. The van der Waals surface area contributed by atoms with Gasteiger partial charge in [0.05, 0.1) is 0 Å². The summed E-state index contributed by atoms with van der Waals surface area (Å²) in [5.41, 5.74) is 6.18. The second-order valence-electron chi connectivity index (χ2n) is 6.37. The van der Waals surface area contributed by atoms with Gasteiger partial charge in [-0.05, 0) is 42.2 Å². The van der Waals surface area contributed by atoms with Gasteiger partial charge < -0.3 is 5.73 Å². The van der Waals surface area contributed by atoms with E-state index < -0.39 is 0 Å². The van der Waals surface area contributed by atoms with Crippen molar-refractivity contribution in [1.82, 2.24) is 4.57 Å². The molecule has 0 radical (unpaired) electrons. The first-order valence-electron chi connectivity index (χ1n) is 8.07. The molecular formula is C18H24N2O. The zero-order valence-electron chi connectivity index (χ0n) is 12.7. The summed E-state index contributed by atoms with van der Waals surface area (Å²) >= 11 is 0. The molecule has 3 nitrogen and oxygen atoms in total. The van der Waals surface area contributed by atoms with Gasteiger partial charge in [0.15, 0.2) is 0 Å². The summed E-state index contributed by atoms with van der Waals surface area (Å²) in [4.78, 5) is 12.6. The number of nitrogen functional groups attached to an aromatic ring is 1. The summed E-state index contributed by atoms with van der Waals surface area (Å²) < 4.78 is 1.78. The fraction of sp³-hybridized carbons (Fsp3) is 0.500. The molecule has 0 atom stereocenters. The minimum Gasteiger partial charge on any atom is -0.385 e. The van der Waals surface area contributed by atoms with Crippen molar-refractivity contribution in [2.24, 2.45) is 11.8 Å². The molecule has 112 valence electrons. The van der Waals surface area contributed by atoms with Crippen LogP contribution in [0.2, 0.25) is 0 Å². The maximum atomic E-state index is 12.6. The highest BCUT2D eigenvalue weighted by atomic mass is 16.1. The van der Waals surface area contributed by atoms with Crippen molar-refractivity contribution >= 4 is 16.6 Å². The molecule has 1 aliphatic rings. The summed E-state index contributed by atoms with van der Waals surface area (Å²) in [6.45, 7) is 3.04. The molecule has 21 heavy (non-hydrogen) atoms. The third-order valence-corrected chi connectivity index (χ3v) is 5.04. The maximum Gasteiger partial charge on any atom is 0.259 e. The summed E-state index contributed by atoms with van der Waals surface area (Å²) in [7, 11) is 0. The number of fused-ring (bicyclic) bond motifs is 1. The number of hydrogen-bond acceptors (Lipinski definition) is 2. The molecule has 2 N–H and O–H groups in total. The van der Waals surface area contributed by atoms with Crippen LogP contribution in [0.3, 0.4) is 0 Å². The number of rotatable bonds is 3. The summed E-state index contributed by atoms with van der Waals surface area (Å²) in [6.07, 6.45) is 6.31. The molecule has 0 bridgehead atoms. The molecule has 2 aromatic rings. The van der Waals surface area contributed by atoms with Gasteiger partial charge in [0.1, 0.15) is 5.82 Å². The third kappa shape index (κ3) is 2.82. The predicted molar refractivity (Wildman–Crippen MR) is 88.4 cm³/mol. The summed E-state index contributed by atoms with van der Waals surface area (Å²) in [5.74, 6) is 2.07. The van der Waals surface area contributed by atoms with Gasteiger partial charge in [0.2, 0.25) is 0 Å². The van der Waals surface area contributed by atoms with Crippen LogP contribution < -0.4 is 11.3 Å². The molecule has 1 aromatic heterocycles. The Hall–Kier alpha value is -1.77. The number of anilines is 1. The van der Waals surface area contributed by atoms with Crippen LogP contribution >= 0.6 is 0 Å². The molecule has 0 spiro atoms. The average molecular weight is 284 g/mol. The lowest BCUT2D eigenvalue weighted by Crippen LogP contribution is -2.28. The first-order chi connectivity index (χ1) is 10.2. The van der Waals surface area contributed by atoms with Crippen molar-refractivity contribution in [2.75, 3.05) is 5.73 Å². The van der Waals surface area contributed by atoms with E-state index in [9.17, 15) is 4.79 Å². The standard InChI is InChI=1S/C18H24N2O/c1-2-13-7-9-14(10-8-13)12-20-17(19)11-15-5-3-4-6-16(15)18(20)21/h3-6,11,13-14H,2,7-10,12,19H2,1H3. The molecule has 3 heteroatoms. The number of benzene rings is 1. The van der Waals surface area contributed by atoms with E-state index in [1.54, 1.807) is 4.57 Å². The molecule has 1 saturated carbocycles. The molecule has 0 amide bonds. The zero-order valence-corrected chi connectivity index (χ0v) is 12.7. The van der Waals surface area contributed by atoms with E-state index in [0.717, 1.165) is 23.2 Å². The van der Waals surface area contributed by atoms with Crippen LogP contribution in [0, 0.1) is 11.8 Å². The highest BCUT2D eigenvalue weighted by molar-refractivity contribution is 5.83. The largest absolute Gasteiger partial charge is 0.385 e. The average Bonchev–Trinajstić information content (AvgIpc) is 2.52. The van der Waals surface area contributed by atoms with Crippen molar-refractivity contribution in [2.45, 2.75) is 45.6 Å². The van der Waals surface area contributed by atoms with E-state index in [1.807, 2.05) is 30.3 Å². The zero-order chi connectivity index (χ0) is 14.8. The normalized spacial score (nSPS) is 22.5. The fourth-order valence-electron chi connectivity index (χ4n) is 3.59. The number of nitrogens with two attached hydrogens (primary N) is 1. The second-order valence-corrected chi connectivity index (χ2v) is 6.37. The van der Waals surface area contributed by atoms with Gasteiger partial charge in [-0.2, -0.15) is 0 Å². The van der Waals surface area contributed by atoms with Gasteiger partial charge >= 0.3 is 0 Å². The predicted octanol–water partition coefficient (Wildman–Crippen LogP) is 3.80. The molecule has 3 rings (SSSR count). The Morgan fingerprint density at radius 1 is 1.14 bits per heavy atom. The Morgan fingerprint density at radius 2 is 1.81 bits per heavy atom. The Kier molecular flexibility index (Phi) is 4.00. The molecule has 1 heterocycles. The highest BCUT2D eigenvalue weighted by Crippen LogP contribution is 2.31. The summed E-state index contributed by atoms with van der Waals surface area (Å²) in [5, 5.41) is 1.71. The number of nitrogens with zero attached hydrogens (tertiary/aromatic N) is 1. The Morgan fingerprint density at radius 3 is 2.52 bits per heavy atom. The quantitative estimate of drug-likeness (QED) is 0.932. The van der Waals surface area contributed by atoms with Gasteiger partial charge in [0, 0.05) is 11.9 Å². The first kappa shape index (κ1) is 14.2. The number of pyridine rings is 1. The lowest BCUT2D eigenvalue weighted by Gasteiger charge is -2.28. The van der Waals surface area contributed by atoms with Crippen LogP contribution in [-0.2, 0) is 6.54 Å². The number of aromatic nitrogens is 1. The first-order valence-corrected chi connectivity index (χ1v) is 8.07. The second kappa shape index (κ2) is 5.92. The van der Waals surface area contributed by atoms with Gasteiger partial charge in [-0.1, -0.05) is 44.4 Å².